The standard InChI is InChI=1S/C11H9NO5/c1-16-8-4-2-3-7(13)10(8)9-5-6(11(14)15)12-17-9/h2-5,13H,1H3,(H,14,15). The molecule has 88 valence electrons. The second kappa shape index (κ2) is 4.17. The zero-order valence-corrected chi connectivity index (χ0v) is 8.88. The number of hydrogen-bond donors (Lipinski definition) is 2. The molecule has 0 aliphatic rings. The molecule has 0 aliphatic heterocycles. The van der Waals surface area contributed by atoms with Gasteiger partial charge in [0.25, 0.3) is 0 Å². The zero-order valence-electron chi connectivity index (χ0n) is 8.88. The predicted octanol–water partition coefficient (Wildman–Crippen LogP) is 1.75. The average molecular weight is 235 g/mol. The summed E-state index contributed by atoms with van der Waals surface area (Å²) in [4.78, 5) is 10.7. The molecule has 17 heavy (non-hydrogen) atoms. The molecule has 0 unspecified atom stereocenters. The number of aromatic hydroxyl groups is 1. The summed E-state index contributed by atoms with van der Waals surface area (Å²) in [5, 5.41) is 21.8. The highest BCUT2D eigenvalue weighted by Gasteiger charge is 2.18. The van der Waals surface area contributed by atoms with Gasteiger partial charge in [-0.15, -0.1) is 0 Å². The van der Waals surface area contributed by atoms with Gasteiger partial charge in [-0.2, -0.15) is 0 Å². The van der Waals surface area contributed by atoms with Crippen LogP contribution in [0, 0.1) is 0 Å². The van der Waals surface area contributed by atoms with Gasteiger partial charge in [0, 0.05) is 6.07 Å². The van der Waals surface area contributed by atoms with E-state index in [1.165, 1.54) is 19.2 Å². The maximum atomic E-state index is 10.7. The first-order chi connectivity index (χ1) is 8.13. The Balaban J connectivity index is 2.55. The van der Waals surface area contributed by atoms with Gasteiger partial charge in [-0.1, -0.05) is 11.2 Å². The Kier molecular flexibility index (Phi) is 2.70. The highest BCUT2D eigenvalue weighted by molar-refractivity contribution is 5.87. The lowest BCUT2D eigenvalue weighted by Crippen LogP contribution is -1.94. The monoisotopic (exact) mass is 235 g/mol. The topological polar surface area (TPSA) is 92.8 Å². The van der Waals surface area contributed by atoms with E-state index in [9.17, 15) is 9.90 Å². The number of ether oxygens (including phenoxy) is 1. The molecule has 0 saturated carbocycles. The van der Waals surface area contributed by atoms with E-state index < -0.39 is 5.97 Å². The Hall–Kier alpha value is -2.50. The zero-order chi connectivity index (χ0) is 12.4. The third-order valence-electron chi connectivity index (χ3n) is 2.20. The van der Waals surface area contributed by atoms with Crippen molar-refractivity contribution in [2.45, 2.75) is 0 Å². The minimum absolute atomic E-state index is 0.0718. The summed E-state index contributed by atoms with van der Waals surface area (Å²) in [6, 6.07) is 5.89. The van der Waals surface area contributed by atoms with Crippen molar-refractivity contribution >= 4 is 5.97 Å². The number of methoxy groups -OCH3 is 1. The number of phenols is 1. The van der Waals surface area contributed by atoms with E-state index in [0.29, 0.717) is 5.75 Å². The maximum absolute atomic E-state index is 10.7. The lowest BCUT2D eigenvalue weighted by Gasteiger charge is -2.06. The van der Waals surface area contributed by atoms with Crippen LogP contribution in [0.2, 0.25) is 0 Å². The van der Waals surface area contributed by atoms with Crippen molar-refractivity contribution in [3.63, 3.8) is 0 Å². The van der Waals surface area contributed by atoms with Crippen LogP contribution in [-0.2, 0) is 0 Å². The highest BCUT2D eigenvalue weighted by Crippen LogP contribution is 2.37. The van der Waals surface area contributed by atoms with Crippen molar-refractivity contribution in [3.05, 3.63) is 30.0 Å². The molecule has 0 spiro atoms. The Labute approximate surface area is 96.0 Å². The molecule has 0 amide bonds. The maximum Gasteiger partial charge on any atom is 0.358 e. The predicted molar refractivity (Wildman–Crippen MR) is 57.1 cm³/mol. The van der Waals surface area contributed by atoms with Crippen LogP contribution >= 0.6 is 0 Å². The number of benzene rings is 1. The van der Waals surface area contributed by atoms with Crippen molar-refractivity contribution in [3.8, 4) is 22.8 Å². The molecule has 0 aliphatic carbocycles. The SMILES string of the molecule is COc1cccc(O)c1-c1cc(C(=O)O)no1. The number of rotatable bonds is 3. The number of nitrogens with zero attached hydrogens (tertiary/aromatic N) is 1. The lowest BCUT2D eigenvalue weighted by molar-refractivity contribution is 0.0686. The fraction of sp³-hybridized carbons (Fsp3) is 0.0909. The Morgan fingerprint density at radius 2 is 2.24 bits per heavy atom. The smallest absolute Gasteiger partial charge is 0.358 e. The van der Waals surface area contributed by atoms with Crippen LogP contribution in [0.15, 0.2) is 28.8 Å². The molecule has 2 N–H and O–H groups in total. The van der Waals surface area contributed by atoms with Crippen LogP contribution in [0.5, 0.6) is 11.5 Å². The molecule has 6 nitrogen and oxygen atoms in total. The second-order valence-electron chi connectivity index (χ2n) is 3.24. The number of aromatic nitrogens is 1. The molecule has 2 rings (SSSR count). The van der Waals surface area contributed by atoms with Gasteiger partial charge < -0.3 is 19.5 Å². The van der Waals surface area contributed by atoms with E-state index >= 15 is 0 Å². The molecule has 0 bridgehead atoms. The molecule has 1 heterocycles. The van der Waals surface area contributed by atoms with Crippen molar-refractivity contribution in [1.82, 2.24) is 5.16 Å². The fourth-order valence-corrected chi connectivity index (χ4v) is 1.43. The normalized spacial score (nSPS) is 10.2. The van der Waals surface area contributed by atoms with E-state index in [1.54, 1.807) is 12.1 Å². The molecule has 0 atom stereocenters. The first kappa shape index (κ1) is 11.0. The van der Waals surface area contributed by atoms with Crippen molar-refractivity contribution < 1.29 is 24.3 Å². The van der Waals surface area contributed by atoms with E-state index in [-0.39, 0.29) is 22.8 Å². The third kappa shape index (κ3) is 1.92. The van der Waals surface area contributed by atoms with Gasteiger partial charge in [0.2, 0.25) is 0 Å². The number of carbonyl (C=O) groups is 1. The van der Waals surface area contributed by atoms with Crippen LogP contribution in [0.4, 0.5) is 0 Å². The quantitative estimate of drug-likeness (QED) is 0.841. The summed E-state index contributed by atoms with van der Waals surface area (Å²) in [5.74, 6) is -0.762. The van der Waals surface area contributed by atoms with Gasteiger partial charge in [-0.05, 0) is 12.1 Å². The number of phenolic OH excluding ortho intramolecular Hbond substituents is 1. The molecule has 0 saturated heterocycles. The molecule has 2 aromatic rings. The van der Waals surface area contributed by atoms with Crippen LogP contribution < -0.4 is 4.74 Å². The summed E-state index contributed by atoms with van der Waals surface area (Å²) in [6.45, 7) is 0. The molecular weight excluding hydrogens is 226 g/mol. The van der Waals surface area contributed by atoms with E-state index in [0.717, 1.165) is 0 Å². The minimum Gasteiger partial charge on any atom is -0.507 e. The van der Waals surface area contributed by atoms with Gasteiger partial charge >= 0.3 is 5.97 Å². The Morgan fingerprint density at radius 1 is 1.47 bits per heavy atom. The molecule has 1 aromatic heterocycles. The van der Waals surface area contributed by atoms with Crippen LogP contribution in [0.1, 0.15) is 10.5 Å². The van der Waals surface area contributed by atoms with Crippen molar-refractivity contribution in [2.75, 3.05) is 7.11 Å². The van der Waals surface area contributed by atoms with Crippen LogP contribution in [0.25, 0.3) is 11.3 Å². The van der Waals surface area contributed by atoms with Crippen molar-refractivity contribution in [2.24, 2.45) is 0 Å². The summed E-state index contributed by atoms with van der Waals surface area (Å²) < 4.78 is 9.92. The first-order valence-electron chi connectivity index (χ1n) is 4.70. The van der Waals surface area contributed by atoms with E-state index in [2.05, 4.69) is 5.16 Å². The van der Waals surface area contributed by atoms with Gasteiger partial charge in [-0.3, -0.25) is 0 Å². The van der Waals surface area contributed by atoms with E-state index in [1.807, 2.05) is 0 Å². The number of carboxylic acids is 1. The summed E-state index contributed by atoms with van der Waals surface area (Å²) >= 11 is 0. The minimum atomic E-state index is -1.20. The largest absolute Gasteiger partial charge is 0.507 e. The van der Waals surface area contributed by atoms with Gasteiger partial charge in [0.15, 0.2) is 11.5 Å². The van der Waals surface area contributed by atoms with Crippen LogP contribution in [-0.4, -0.2) is 28.4 Å². The van der Waals surface area contributed by atoms with Crippen molar-refractivity contribution in [1.29, 1.82) is 0 Å². The first-order valence-corrected chi connectivity index (χ1v) is 4.70. The summed E-state index contributed by atoms with van der Waals surface area (Å²) in [5.41, 5.74) is 0.0420. The third-order valence-corrected chi connectivity index (χ3v) is 2.20. The molecule has 6 heteroatoms. The fourth-order valence-electron chi connectivity index (χ4n) is 1.43. The highest BCUT2D eigenvalue weighted by atomic mass is 16.5. The molecule has 0 radical (unpaired) electrons. The van der Waals surface area contributed by atoms with Gasteiger partial charge in [0.1, 0.15) is 17.1 Å². The Bertz CT molecular complexity index is 561. The average Bonchev–Trinajstić information content (AvgIpc) is 2.77. The van der Waals surface area contributed by atoms with Gasteiger partial charge in [0.05, 0.1) is 7.11 Å². The summed E-state index contributed by atoms with van der Waals surface area (Å²) in [7, 11) is 1.44. The number of aromatic carboxylic acids is 1. The lowest BCUT2D eigenvalue weighted by atomic mass is 10.1. The number of hydrogen-bond acceptors (Lipinski definition) is 5. The van der Waals surface area contributed by atoms with Gasteiger partial charge in [-0.25, -0.2) is 4.79 Å². The summed E-state index contributed by atoms with van der Waals surface area (Å²) in [6.07, 6.45) is 0. The molecule has 1 aromatic carbocycles. The van der Waals surface area contributed by atoms with Crippen LogP contribution in [0.3, 0.4) is 0 Å². The molecule has 0 fully saturated rings. The number of carboxylic acid groups (broad SMARTS) is 1. The van der Waals surface area contributed by atoms with E-state index in [4.69, 9.17) is 14.4 Å². The Morgan fingerprint density at radius 3 is 2.82 bits per heavy atom. The second-order valence-corrected chi connectivity index (χ2v) is 3.24. The molecular formula is C11H9NO5.